The van der Waals surface area contributed by atoms with Crippen LogP contribution in [0.5, 0.6) is 0 Å². The molecule has 1 saturated carbocycles. The van der Waals surface area contributed by atoms with E-state index in [2.05, 4.69) is 20.8 Å². The fourth-order valence-corrected chi connectivity index (χ4v) is 2.21. The fraction of sp³-hybridized carbons (Fsp3) is 0.929. The number of hydrogen-bond acceptors (Lipinski definition) is 3. The standard InChI is InChI=1S/C14H27NO2/c1-14(2,3)8-9-17-13(16)12-6-4-11(10-15)5-7-12/h11-12H,4-10,15H2,1-3H3. The van der Waals surface area contributed by atoms with Crippen LogP contribution in [0.25, 0.3) is 0 Å². The van der Waals surface area contributed by atoms with Crippen LogP contribution in [0.15, 0.2) is 0 Å². The molecule has 0 atom stereocenters. The highest BCUT2D eigenvalue weighted by Gasteiger charge is 2.26. The van der Waals surface area contributed by atoms with Gasteiger partial charge in [0, 0.05) is 0 Å². The lowest BCUT2D eigenvalue weighted by atomic mass is 9.82. The van der Waals surface area contributed by atoms with Crippen LogP contribution in [0.2, 0.25) is 0 Å². The smallest absolute Gasteiger partial charge is 0.308 e. The van der Waals surface area contributed by atoms with Gasteiger partial charge in [0.2, 0.25) is 0 Å². The van der Waals surface area contributed by atoms with Crippen LogP contribution < -0.4 is 5.73 Å². The highest BCUT2D eigenvalue weighted by atomic mass is 16.5. The molecule has 2 N–H and O–H groups in total. The minimum atomic E-state index is 0.00437. The van der Waals surface area contributed by atoms with Crippen LogP contribution in [-0.4, -0.2) is 19.1 Å². The van der Waals surface area contributed by atoms with Gasteiger partial charge in [-0.15, -0.1) is 0 Å². The largest absolute Gasteiger partial charge is 0.465 e. The van der Waals surface area contributed by atoms with E-state index in [4.69, 9.17) is 10.5 Å². The minimum absolute atomic E-state index is 0.00437. The van der Waals surface area contributed by atoms with E-state index in [1.165, 1.54) is 0 Å². The molecule has 0 aromatic rings. The van der Waals surface area contributed by atoms with Crippen molar-refractivity contribution >= 4 is 5.97 Å². The van der Waals surface area contributed by atoms with Crippen LogP contribution in [-0.2, 0) is 9.53 Å². The molecule has 3 heteroatoms. The summed E-state index contributed by atoms with van der Waals surface area (Å²) < 4.78 is 5.36. The zero-order valence-corrected chi connectivity index (χ0v) is 11.5. The maximum absolute atomic E-state index is 11.8. The Bertz CT molecular complexity index is 237. The second kappa shape index (κ2) is 6.39. The van der Waals surface area contributed by atoms with Crippen molar-refractivity contribution in [2.45, 2.75) is 52.9 Å². The van der Waals surface area contributed by atoms with Gasteiger partial charge in [0.25, 0.3) is 0 Å². The number of esters is 1. The first kappa shape index (κ1) is 14.5. The fourth-order valence-electron chi connectivity index (χ4n) is 2.21. The summed E-state index contributed by atoms with van der Waals surface area (Å²) in [5.41, 5.74) is 5.87. The molecule has 0 spiro atoms. The topological polar surface area (TPSA) is 52.3 Å². The Morgan fingerprint density at radius 3 is 2.29 bits per heavy atom. The van der Waals surface area contributed by atoms with Crippen molar-refractivity contribution in [3.05, 3.63) is 0 Å². The molecule has 1 rings (SSSR count). The van der Waals surface area contributed by atoms with Crippen LogP contribution in [0.1, 0.15) is 52.9 Å². The maximum atomic E-state index is 11.8. The van der Waals surface area contributed by atoms with Crippen LogP contribution >= 0.6 is 0 Å². The van der Waals surface area contributed by atoms with E-state index >= 15 is 0 Å². The van der Waals surface area contributed by atoms with Crippen LogP contribution in [0, 0.1) is 17.3 Å². The van der Waals surface area contributed by atoms with E-state index in [9.17, 15) is 4.79 Å². The predicted molar refractivity (Wildman–Crippen MR) is 69.5 cm³/mol. The average molecular weight is 241 g/mol. The Morgan fingerprint density at radius 1 is 1.24 bits per heavy atom. The Labute approximate surface area is 105 Å². The second-order valence-electron chi connectivity index (χ2n) is 6.43. The third-order valence-electron chi connectivity index (χ3n) is 3.61. The van der Waals surface area contributed by atoms with Gasteiger partial charge < -0.3 is 10.5 Å². The van der Waals surface area contributed by atoms with Crippen molar-refractivity contribution in [1.29, 1.82) is 0 Å². The summed E-state index contributed by atoms with van der Waals surface area (Å²) in [5.74, 6) is 0.746. The van der Waals surface area contributed by atoms with E-state index < -0.39 is 0 Å². The molecule has 0 unspecified atom stereocenters. The lowest BCUT2D eigenvalue weighted by Crippen LogP contribution is -2.27. The molecule has 0 radical (unpaired) electrons. The van der Waals surface area contributed by atoms with Gasteiger partial charge in [-0.25, -0.2) is 0 Å². The highest BCUT2D eigenvalue weighted by molar-refractivity contribution is 5.72. The molecule has 1 fully saturated rings. The third-order valence-corrected chi connectivity index (χ3v) is 3.61. The molecule has 100 valence electrons. The molecule has 3 nitrogen and oxygen atoms in total. The Kier molecular flexibility index (Phi) is 5.44. The molecule has 0 bridgehead atoms. The summed E-state index contributed by atoms with van der Waals surface area (Å²) in [5, 5.41) is 0. The van der Waals surface area contributed by atoms with Crippen molar-refractivity contribution in [1.82, 2.24) is 0 Å². The van der Waals surface area contributed by atoms with Gasteiger partial charge in [-0.2, -0.15) is 0 Å². The summed E-state index contributed by atoms with van der Waals surface area (Å²) >= 11 is 0. The summed E-state index contributed by atoms with van der Waals surface area (Å²) in [4.78, 5) is 11.8. The van der Waals surface area contributed by atoms with Crippen molar-refractivity contribution < 1.29 is 9.53 Å². The number of carbonyl (C=O) groups excluding carboxylic acids is 1. The molecular weight excluding hydrogens is 214 g/mol. The molecule has 1 aliphatic rings. The Hall–Kier alpha value is -0.570. The monoisotopic (exact) mass is 241 g/mol. The number of rotatable bonds is 4. The molecule has 0 heterocycles. The summed E-state index contributed by atoms with van der Waals surface area (Å²) in [6.07, 6.45) is 4.99. The van der Waals surface area contributed by atoms with Crippen molar-refractivity contribution in [3.8, 4) is 0 Å². The first-order valence-corrected chi connectivity index (χ1v) is 6.79. The van der Waals surface area contributed by atoms with E-state index in [0.717, 1.165) is 38.6 Å². The van der Waals surface area contributed by atoms with Crippen LogP contribution in [0.4, 0.5) is 0 Å². The van der Waals surface area contributed by atoms with Gasteiger partial charge in [0.05, 0.1) is 12.5 Å². The zero-order chi connectivity index (χ0) is 12.9. The maximum Gasteiger partial charge on any atom is 0.308 e. The lowest BCUT2D eigenvalue weighted by Gasteiger charge is -2.26. The van der Waals surface area contributed by atoms with Crippen molar-refractivity contribution in [2.24, 2.45) is 23.0 Å². The zero-order valence-electron chi connectivity index (χ0n) is 11.5. The Balaban J connectivity index is 2.21. The Morgan fingerprint density at radius 2 is 1.82 bits per heavy atom. The highest BCUT2D eigenvalue weighted by Crippen LogP contribution is 2.29. The van der Waals surface area contributed by atoms with Crippen molar-refractivity contribution in [2.75, 3.05) is 13.2 Å². The van der Waals surface area contributed by atoms with Gasteiger partial charge in [0.1, 0.15) is 0 Å². The van der Waals surface area contributed by atoms with Gasteiger partial charge in [-0.05, 0) is 50.0 Å². The van der Waals surface area contributed by atoms with E-state index in [1.807, 2.05) is 0 Å². The van der Waals surface area contributed by atoms with Gasteiger partial charge in [0.15, 0.2) is 0 Å². The summed E-state index contributed by atoms with van der Waals surface area (Å²) in [7, 11) is 0. The van der Waals surface area contributed by atoms with Gasteiger partial charge in [-0.1, -0.05) is 20.8 Å². The van der Waals surface area contributed by atoms with Gasteiger partial charge in [-0.3, -0.25) is 4.79 Å². The molecule has 17 heavy (non-hydrogen) atoms. The van der Waals surface area contributed by atoms with E-state index in [1.54, 1.807) is 0 Å². The number of hydrogen-bond donors (Lipinski definition) is 1. The van der Waals surface area contributed by atoms with E-state index in [0.29, 0.717) is 12.5 Å². The number of nitrogens with two attached hydrogens (primary N) is 1. The summed E-state index contributed by atoms with van der Waals surface area (Å²) in [6.45, 7) is 7.79. The second-order valence-corrected chi connectivity index (χ2v) is 6.43. The SMILES string of the molecule is CC(C)(C)CCOC(=O)C1CCC(CN)CC1. The molecule has 1 aliphatic carbocycles. The molecule has 0 aromatic heterocycles. The number of ether oxygens (including phenoxy) is 1. The third kappa shape index (κ3) is 5.53. The number of carbonyl (C=O) groups is 1. The molecule has 0 aliphatic heterocycles. The molecular formula is C14H27NO2. The molecule has 0 amide bonds. The first-order chi connectivity index (χ1) is 7.92. The average Bonchev–Trinajstić information content (AvgIpc) is 2.27. The predicted octanol–water partition coefficient (Wildman–Crippen LogP) is 2.73. The van der Waals surface area contributed by atoms with Crippen molar-refractivity contribution in [3.63, 3.8) is 0 Å². The van der Waals surface area contributed by atoms with E-state index in [-0.39, 0.29) is 17.3 Å². The first-order valence-electron chi connectivity index (χ1n) is 6.79. The minimum Gasteiger partial charge on any atom is -0.465 e. The van der Waals surface area contributed by atoms with Gasteiger partial charge >= 0.3 is 5.97 Å². The normalized spacial score (nSPS) is 25.6. The molecule has 0 aromatic carbocycles. The lowest BCUT2D eigenvalue weighted by molar-refractivity contribution is -0.150. The summed E-state index contributed by atoms with van der Waals surface area (Å²) in [6, 6.07) is 0. The quantitative estimate of drug-likeness (QED) is 0.770. The molecule has 0 saturated heterocycles. The van der Waals surface area contributed by atoms with Crippen LogP contribution in [0.3, 0.4) is 0 Å².